The Morgan fingerprint density at radius 2 is 2.19 bits per heavy atom. The zero-order valence-corrected chi connectivity index (χ0v) is 21.0. The molecule has 0 aliphatic carbocycles. The van der Waals surface area contributed by atoms with E-state index in [1.807, 2.05) is 13.1 Å². The Kier molecular flexibility index (Phi) is 7.15. The largest absolute Gasteiger partial charge is 0.463 e. The van der Waals surface area contributed by atoms with Gasteiger partial charge in [-0.25, -0.2) is 9.37 Å². The number of halogens is 1. The number of amides is 1. The zero-order valence-electron chi connectivity index (χ0n) is 21.0. The summed E-state index contributed by atoms with van der Waals surface area (Å²) < 4.78 is 27.4. The average Bonchev–Trinajstić information content (AvgIpc) is 3.54. The van der Waals surface area contributed by atoms with Crippen LogP contribution in [0.15, 0.2) is 36.7 Å². The van der Waals surface area contributed by atoms with E-state index >= 15 is 0 Å². The first-order valence-electron chi connectivity index (χ1n) is 12.3. The van der Waals surface area contributed by atoms with Crippen LogP contribution in [0.5, 0.6) is 6.01 Å². The van der Waals surface area contributed by atoms with E-state index in [9.17, 15) is 9.18 Å². The Balaban J connectivity index is 1.46. The standard InChI is InChI=1S/C26H30FN7O3/c1-15(28-2)10-29-22-5-4-19(24-20(22)11-30-26(32-24)37-14-16-6-7-36-13-16)25(35)31-18-8-17-12-34(3)33-23(17)21(27)9-18/h4-5,8-9,11-12,15-16,28-29H,6-7,10,13-14H2,1-3H3,(H,31,35)/t15-,16-/m1/s1. The molecule has 2 aromatic heterocycles. The van der Waals surface area contributed by atoms with Crippen molar-refractivity contribution in [3.05, 3.63) is 48.0 Å². The molecule has 2 aromatic carbocycles. The lowest BCUT2D eigenvalue weighted by atomic mass is 10.1. The SMILES string of the molecule is CN[C@H](C)CNc1ccc(C(=O)Nc2cc(F)c3nn(C)cc3c2)c2nc(OC[C@@H]3CCOC3)ncc12. The van der Waals surface area contributed by atoms with E-state index in [2.05, 4.69) is 37.9 Å². The van der Waals surface area contributed by atoms with Crippen molar-refractivity contribution in [2.45, 2.75) is 19.4 Å². The first-order valence-corrected chi connectivity index (χ1v) is 12.3. The lowest BCUT2D eigenvalue weighted by molar-refractivity contribution is 0.102. The lowest BCUT2D eigenvalue weighted by Gasteiger charge is -2.16. The second kappa shape index (κ2) is 10.7. The highest BCUT2D eigenvalue weighted by atomic mass is 19.1. The second-order valence-electron chi connectivity index (χ2n) is 9.34. The van der Waals surface area contributed by atoms with Crippen LogP contribution >= 0.6 is 0 Å². The number of aromatic nitrogens is 4. The predicted molar refractivity (Wildman–Crippen MR) is 140 cm³/mol. The normalized spacial score (nSPS) is 16.3. The third kappa shape index (κ3) is 5.47. The summed E-state index contributed by atoms with van der Waals surface area (Å²) in [7, 11) is 3.61. The maximum Gasteiger partial charge on any atom is 0.316 e. The molecule has 1 fully saturated rings. The number of benzene rings is 2. The number of carbonyl (C=O) groups excluding carboxylic acids is 1. The molecule has 5 rings (SSSR count). The molecule has 1 amide bonds. The number of hydrogen-bond acceptors (Lipinski definition) is 8. The molecule has 0 bridgehead atoms. The van der Waals surface area contributed by atoms with Gasteiger partial charge >= 0.3 is 6.01 Å². The first kappa shape index (κ1) is 24.8. The van der Waals surface area contributed by atoms with Crippen LogP contribution in [-0.4, -0.2) is 65.1 Å². The molecule has 11 heteroatoms. The molecule has 10 nitrogen and oxygen atoms in total. The van der Waals surface area contributed by atoms with E-state index < -0.39 is 11.7 Å². The Hall–Kier alpha value is -3.83. The molecule has 1 aliphatic rings. The van der Waals surface area contributed by atoms with E-state index in [0.717, 1.165) is 18.7 Å². The molecule has 3 heterocycles. The number of nitrogens with zero attached hydrogens (tertiary/aromatic N) is 4. The molecule has 37 heavy (non-hydrogen) atoms. The molecule has 4 aromatic rings. The number of rotatable bonds is 9. The van der Waals surface area contributed by atoms with Crippen LogP contribution in [0.4, 0.5) is 15.8 Å². The van der Waals surface area contributed by atoms with Crippen molar-refractivity contribution in [3.63, 3.8) is 0 Å². The summed E-state index contributed by atoms with van der Waals surface area (Å²) in [5.74, 6) is -0.641. The maximum absolute atomic E-state index is 14.6. The number of ether oxygens (including phenoxy) is 2. The fraction of sp³-hybridized carbons (Fsp3) is 0.385. The zero-order chi connectivity index (χ0) is 25.9. The van der Waals surface area contributed by atoms with Gasteiger partial charge in [0, 0.05) is 66.7 Å². The minimum atomic E-state index is -0.509. The Labute approximate surface area is 213 Å². The van der Waals surface area contributed by atoms with Crippen LogP contribution in [0, 0.1) is 11.7 Å². The molecule has 0 saturated carbocycles. The highest BCUT2D eigenvalue weighted by Crippen LogP contribution is 2.28. The van der Waals surface area contributed by atoms with Gasteiger partial charge in [0.2, 0.25) is 0 Å². The minimum Gasteiger partial charge on any atom is -0.463 e. The first-order chi connectivity index (χ1) is 17.9. The highest BCUT2D eigenvalue weighted by Gasteiger charge is 2.20. The van der Waals surface area contributed by atoms with E-state index in [1.54, 1.807) is 31.6 Å². The van der Waals surface area contributed by atoms with Crippen LogP contribution in [0.3, 0.4) is 0 Å². The molecule has 194 valence electrons. The van der Waals surface area contributed by atoms with Crippen molar-refractivity contribution < 1.29 is 18.7 Å². The lowest BCUT2D eigenvalue weighted by Crippen LogP contribution is -2.29. The van der Waals surface area contributed by atoms with Crippen molar-refractivity contribution in [1.82, 2.24) is 25.1 Å². The van der Waals surface area contributed by atoms with Gasteiger partial charge < -0.3 is 25.4 Å². The van der Waals surface area contributed by atoms with Crippen molar-refractivity contribution >= 4 is 39.1 Å². The van der Waals surface area contributed by atoms with Gasteiger partial charge in [-0.15, -0.1) is 0 Å². The van der Waals surface area contributed by atoms with Crippen molar-refractivity contribution in [1.29, 1.82) is 0 Å². The van der Waals surface area contributed by atoms with Crippen molar-refractivity contribution in [3.8, 4) is 6.01 Å². The number of aryl methyl sites for hydroxylation is 1. The van der Waals surface area contributed by atoms with Gasteiger partial charge in [-0.3, -0.25) is 9.48 Å². The van der Waals surface area contributed by atoms with Crippen LogP contribution in [-0.2, 0) is 11.8 Å². The van der Waals surface area contributed by atoms with E-state index in [0.29, 0.717) is 47.3 Å². The third-order valence-electron chi connectivity index (χ3n) is 6.47. The van der Waals surface area contributed by atoms with Crippen LogP contribution in [0.1, 0.15) is 23.7 Å². The molecular formula is C26H30FN7O3. The van der Waals surface area contributed by atoms with Crippen LogP contribution in [0.2, 0.25) is 0 Å². The van der Waals surface area contributed by atoms with Crippen LogP contribution in [0.25, 0.3) is 21.8 Å². The third-order valence-corrected chi connectivity index (χ3v) is 6.47. The van der Waals surface area contributed by atoms with Gasteiger partial charge in [0.15, 0.2) is 5.82 Å². The monoisotopic (exact) mass is 507 g/mol. The van der Waals surface area contributed by atoms with E-state index in [4.69, 9.17) is 9.47 Å². The number of anilines is 2. The van der Waals surface area contributed by atoms with Crippen molar-refractivity contribution in [2.24, 2.45) is 13.0 Å². The smallest absolute Gasteiger partial charge is 0.316 e. The van der Waals surface area contributed by atoms with Gasteiger partial charge in [0.25, 0.3) is 5.91 Å². The molecule has 0 spiro atoms. The summed E-state index contributed by atoms with van der Waals surface area (Å²) in [6.45, 7) is 4.54. The Bertz CT molecular complexity index is 1430. The number of nitrogens with one attached hydrogen (secondary N) is 3. The highest BCUT2D eigenvalue weighted by molar-refractivity contribution is 6.14. The average molecular weight is 508 g/mol. The number of likely N-dealkylation sites (N-methyl/N-ethyl adjacent to an activating group) is 1. The van der Waals surface area contributed by atoms with Gasteiger partial charge in [0.1, 0.15) is 5.52 Å². The molecule has 0 radical (unpaired) electrons. The molecule has 1 saturated heterocycles. The number of carbonyl (C=O) groups is 1. The van der Waals surface area contributed by atoms with Crippen molar-refractivity contribution in [2.75, 3.05) is 44.0 Å². The fourth-order valence-electron chi connectivity index (χ4n) is 4.27. The minimum absolute atomic E-state index is 0.192. The summed E-state index contributed by atoms with van der Waals surface area (Å²) in [6, 6.07) is 6.89. The Morgan fingerprint density at radius 3 is 2.97 bits per heavy atom. The quantitative estimate of drug-likeness (QED) is 0.316. The maximum atomic E-state index is 14.6. The fourth-order valence-corrected chi connectivity index (χ4v) is 4.27. The summed E-state index contributed by atoms with van der Waals surface area (Å²) >= 11 is 0. The summed E-state index contributed by atoms with van der Waals surface area (Å²) in [5, 5.41) is 14.8. The van der Waals surface area contributed by atoms with E-state index in [1.165, 1.54) is 10.7 Å². The molecule has 1 aliphatic heterocycles. The number of hydrogen-bond donors (Lipinski definition) is 3. The molecule has 0 unspecified atom stereocenters. The van der Waals surface area contributed by atoms with E-state index in [-0.39, 0.29) is 23.5 Å². The number of fused-ring (bicyclic) bond motifs is 2. The van der Waals surface area contributed by atoms with Gasteiger partial charge in [-0.1, -0.05) is 0 Å². The van der Waals surface area contributed by atoms with Gasteiger partial charge in [-0.2, -0.15) is 10.1 Å². The topological polar surface area (TPSA) is 115 Å². The summed E-state index contributed by atoms with van der Waals surface area (Å²) in [4.78, 5) is 22.4. The molecule has 2 atom stereocenters. The van der Waals surface area contributed by atoms with Crippen LogP contribution < -0.4 is 20.7 Å². The summed E-state index contributed by atoms with van der Waals surface area (Å²) in [5.41, 5.74) is 2.14. The van der Waals surface area contributed by atoms with Gasteiger partial charge in [0.05, 0.1) is 24.3 Å². The Morgan fingerprint density at radius 1 is 1.32 bits per heavy atom. The summed E-state index contributed by atoms with van der Waals surface area (Å²) in [6.07, 6.45) is 4.28. The molecular weight excluding hydrogens is 477 g/mol. The van der Waals surface area contributed by atoms with Gasteiger partial charge in [-0.05, 0) is 44.7 Å². The second-order valence-corrected chi connectivity index (χ2v) is 9.34. The predicted octanol–water partition coefficient (Wildman–Crippen LogP) is 3.34. The molecule has 3 N–H and O–H groups in total.